The minimum absolute atomic E-state index is 0.141. The van der Waals surface area contributed by atoms with Crippen molar-refractivity contribution in [1.82, 2.24) is 9.97 Å². The summed E-state index contributed by atoms with van der Waals surface area (Å²) in [6, 6.07) is 28.3. The number of pyridine rings is 1. The van der Waals surface area contributed by atoms with Gasteiger partial charge in [0.15, 0.2) is 5.88 Å². The van der Waals surface area contributed by atoms with E-state index in [1.165, 1.54) is 0 Å². The van der Waals surface area contributed by atoms with Crippen LogP contribution in [0.1, 0.15) is 11.1 Å². The fourth-order valence-electron chi connectivity index (χ4n) is 3.52. The van der Waals surface area contributed by atoms with Crippen LogP contribution in [0.15, 0.2) is 84.9 Å². The molecule has 3 heteroatoms. The van der Waals surface area contributed by atoms with Crippen LogP contribution in [0, 0.1) is 0 Å². The maximum atomic E-state index is 10.5. The second kappa shape index (κ2) is 6.71. The number of benzene rings is 3. The van der Waals surface area contributed by atoms with E-state index in [-0.39, 0.29) is 5.88 Å². The zero-order valence-electron chi connectivity index (χ0n) is 15.1. The molecule has 5 rings (SSSR count). The first kappa shape index (κ1) is 16.3. The highest BCUT2D eigenvalue weighted by atomic mass is 16.3. The molecule has 0 saturated heterocycles. The first-order valence-electron chi connectivity index (χ1n) is 9.22. The van der Waals surface area contributed by atoms with E-state index in [2.05, 4.69) is 35.3 Å². The summed E-state index contributed by atoms with van der Waals surface area (Å²) < 4.78 is 0. The zero-order chi connectivity index (χ0) is 18.9. The molecule has 2 N–H and O–H groups in total. The van der Waals surface area contributed by atoms with Crippen LogP contribution in [0.5, 0.6) is 5.88 Å². The van der Waals surface area contributed by atoms with E-state index in [4.69, 9.17) is 4.98 Å². The molecule has 0 atom stereocenters. The van der Waals surface area contributed by atoms with E-state index in [9.17, 15) is 5.11 Å². The summed E-state index contributed by atoms with van der Waals surface area (Å²) in [6.45, 7) is 0. The van der Waals surface area contributed by atoms with Gasteiger partial charge in [-0.05, 0) is 35.4 Å². The lowest BCUT2D eigenvalue weighted by Gasteiger charge is -2.03. The number of hydrogen-bond donors (Lipinski definition) is 2. The van der Waals surface area contributed by atoms with Crippen LogP contribution in [0.25, 0.3) is 45.2 Å². The normalized spacial score (nSPS) is 11.6. The smallest absolute Gasteiger partial charge is 0.199 e. The Hall–Kier alpha value is -3.85. The van der Waals surface area contributed by atoms with Crippen molar-refractivity contribution < 1.29 is 5.11 Å². The van der Waals surface area contributed by atoms with Gasteiger partial charge < -0.3 is 10.1 Å². The molecule has 134 valence electrons. The topological polar surface area (TPSA) is 48.9 Å². The average Bonchev–Trinajstić information content (AvgIpc) is 3.07. The second-order valence-electron chi connectivity index (χ2n) is 6.79. The summed E-state index contributed by atoms with van der Waals surface area (Å²) >= 11 is 0. The van der Waals surface area contributed by atoms with Crippen molar-refractivity contribution in [2.45, 2.75) is 0 Å². The van der Waals surface area contributed by atoms with Crippen molar-refractivity contribution in [2.75, 3.05) is 0 Å². The molecular formula is C25H18N2O. The third-order valence-corrected chi connectivity index (χ3v) is 4.93. The maximum Gasteiger partial charge on any atom is 0.199 e. The molecule has 0 bridgehead atoms. The largest absolute Gasteiger partial charge is 0.494 e. The van der Waals surface area contributed by atoms with Gasteiger partial charge in [0.05, 0.1) is 16.8 Å². The van der Waals surface area contributed by atoms with Gasteiger partial charge in [-0.1, -0.05) is 72.8 Å². The molecule has 5 aromatic rings. The Labute approximate surface area is 162 Å². The van der Waals surface area contributed by atoms with Gasteiger partial charge in [0.25, 0.3) is 0 Å². The minimum Gasteiger partial charge on any atom is -0.494 e. The predicted octanol–water partition coefficient (Wildman–Crippen LogP) is 6.26. The second-order valence-corrected chi connectivity index (χ2v) is 6.79. The van der Waals surface area contributed by atoms with Crippen molar-refractivity contribution in [3.8, 4) is 17.1 Å². The number of aromatic hydroxyl groups is 1. The van der Waals surface area contributed by atoms with Crippen molar-refractivity contribution in [1.29, 1.82) is 0 Å². The monoisotopic (exact) mass is 362 g/mol. The number of H-pyrrole nitrogens is 1. The summed E-state index contributed by atoms with van der Waals surface area (Å²) in [4.78, 5) is 7.82. The molecule has 2 heterocycles. The van der Waals surface area contributed by atoms with E-state index in [1.54, 1.807) is 0 Å². The summed E-state index contributed by atoms with van der Waals surface area (Å²) in [5, 5.41) is 12.6. The number of rotatable bonds is 3. The Morgan fingerprint density at radius 2 is 1.54 bits per heavy atom. The molecule has 0 unspecified atom stereocenters. The number of aromatic amines is 1. The lowest BCUT2D eigenvalue weighted by molar-refractivity contribution is 0.460. The first-order valence-corrected chi connectivity index (χ1v) is 9.22. The van der Waals surface area contributed by atoms with E-state index in [1.807, 2.05) is 66.7 Å². The van der Waals surface area contributed by atoms with E-state index in [0.29, 0.717) is 0 Å². The maximum absolute atomic E-state index is 10.5. The van der Waals surface area contributed by atoms with Gasteiger partial charge in [0.2, 0.25) is 0 Å². The Balaban J connectivity index is 1.62. The molecule has 0 radical (unpaired) electrons. The number of aromatic nitrogens is 2. The van der Waals surface area contributed by atoms with E-state index >= 15 is 0 Å². The SMILES string of the molecule is Oc1[nH]c2ccc(/C=C/c3ccccc3)cc2c1-c1ccc2ccccc2n1. The summed E-state index contributed by atoms with van der Waals surface area (Å²) in [6.07, 6.45) is 4.16. The van der Waals surface area contributed by atoms with Crippen LogP contribution in [-0.4, -0.2) is 15.1 Å². The third kappa shape index (κ3) is 2.93. The van der Waals surface area contributed by atoms with Crippen molar-refractivity contribution >= 4 is 34.0 Å². The van der Waals surface area contributed by atoms with Crippen LogP contribution in [-0.2, 0) is 0 Å². The summed E-state index contributed by atoms with van der Waals surface area (Å²) in [7, 11) is 0. The number of nitrogens with one attached hydrogen (secondary N) is 1. The number of hydrogen-bond acceptors (Lipinski definition) is 2. The molecule has 0 aliphatic carbocycles. The van der Waals surface area contributed by atoms with Gasteiger partial charge in [-0.15, -0.1) is 0 Å². The van der Waals surface area contributed by atoms with Crippen LogP contribution < -0.4 is 0 Å². The Kier molecular flexibility index (Phi) is 3.91. The molecule has 0 saturated carbocycles. The average molecular weight is 362 g/mol. The number of nitrogens with zero attached hydrogens (tertiary/aromatic N) is 1. The van der Waals surface area contributed by atoms with Crippen LogP contribution in [0.3, 0.4) is 0 Å². The Bertz CT molecular complexity index is 1320. The van der Waals surface area contributed by atoms with Crippen molar-refractivity contribution in [3.05, 3.63) is 96.1 Å². The quantitative estimate of drug-likeness (QED) is 0.372. The van der Waals surface area contributed by atoms with E-state index < -0.39 is 0 Å². The molecule has 28 heavy (non-hydrogen) atoms. The lowest BCUT2D eigenvalue weighted by Crippen LogP contribution is -1.85. The molecular weight excluding hydrogens is 344 g/mol. The molecule has 0 aliphatic rings. The third-order valence-electron chi connectivity index (χ3n) is 4.93. The molecule has 0 aliphatic heterocycles. The highest BCUT2D eigenvalue weighted by Crippen LogP contribution is 2.37. The number of para-hydroxylation sites is 1. The summed E-state index contributed by atoms with van der Waals surface area (Å²) in [5.74, 6) is 0.141. The first-order chi connectivity index (χ1) is 13.8. The minimum atomic E-state index is 0.141. The fraction of sp³-hybridized carbons (Fsp3) is 0. The van der Waals surface area contributed by atoms with Crippen molar-refractivity contribution in [3.63, 3.8) is 0 Å². The van der Waals surface area contributed by atoms with Crippen LogP contribution in [0.2, 0.25) is 0 Å². The van der Waals surface area contributed by atoms with Crippen molar-refractivity contribution in [2.24, 2.45) is 0 Å². The van der Waals surface area contributed by atoms with Crippen LogP contribution >= 0.6 is 0 Å². The van der Waals surface area contributed by atoms with Gasteiger partial charge in [0, 0.05) is 16.3 Å². The fourth-order valence-corrected chi connectivity index (χ4v) is 3.52. The predicted molar refractivity (Wildman–Crippen MR) is 116 cm³/mol. The highest BCUT2D eigenvalue weighted by Gasteiger charge is 2.14. The molecule has 2 aromatic heterocycles. The Morgan fingerprint density at radius 1 is 0.750 bits per heavy atom. The molecule has 0 spiro atoms. The molecule has 3 nitrogen and oxygen atoms in total. The number of fused-ring (bicyclic) bond motifs is 2. The highest BCUT2D eigenvalue weighted by molar-refractivity contribution is 6.00. The van der Waals surface area contributed by atoms with E-state index in [0.717, 1.165) is 44.2 Å². The van der Waals surface area contributed by atoms with Gasteiger partial charge in [-0.2, -0.15) is 0 Å². The van der Waals surface area contributed by atoms with Gasteiger partial charge in [0.1, 0.15) is 0 Å². The lowest BCUT2D eigenvalue weighted by atomic mass is 10.0. The van der Waals surface area contributed by atoms with Gasteiger partial charge >= 0.3 is 0 Å². The van der Waals surface area contributed by atoms with Gasteiger partial charge in [-0.25, -0.2) is 4.98 Å². The van der Waals surface area contributed by atoms with Gasteiger partial charge in [-0.3, -0.25) is 0 Å². The summed E-state index contributed by atoms with van der Waals surface area (Å²) in [5.41, 5.74) is 5.50. The van der Waals surface area contributed by atoms with Crippen LogP contribution in [0.4, 0.5) is 0 Å². The molecule has 3 aromatic carbocycles. The Morgan fingerprint density at radius 3 is 2.43 bits per heavy atom. The molecule has 0 amide bonds. The molecule has 0 fully saturated rings. The standard InChI is InChI=1S/C25H18N2O/c28-25-24(23-15-13-19-8-4-5-9-21(19)26-23)20-16-18(12-14-22(20)27-25)11-10-17-6-2-1-3-7-17/h1-16,27-28H/b11-10+. The zero-order valence-corrected chi connectivity index (χ0v) is 15.1.